The summed E-state index contributed by atoms with van der Waals surface area (Å²) in [5.74, 6) is 0.0221. The normalized spacial score (nSPS) is 10.1. The van der Waals surface area contributed by atoms with Crippen molar-refractivity contribution in [3.8, 4) is 11.5 Å². The number of carbonyl (C=O) groups is 1. The molecule has 0 saturated carbocycles. The van der Waals surface area contributed by atoms with E-state index in [0.717, 1.165) is 11.1 Å². The zero-order chi connectivity index (χ0) is 13.1. The first kappa shape index (κ1) is 12.2. The van der Waals surface area contributed by atoms with Crippen LogP contribution in [0.4, 0.5) is 0 Å². The lowest BCUT2D eigenvalue weighted by molar-refractivity contribution is 0.0694. The Balaban J connectivity index is 2.39. The van der Waals surface area contributed by atoms with Gasteiger partial charge in [-0.25, -0.2) is 4.79 Å². The van der Waals surface area contributed by atoms with Crippen LogP contribution in [-0.2, 0) is 0 Å². The predicted octanol–water partition coefficient (Wildman–Crippen LogP) is 3.79. The number of aryl methyl sites for hydroxylation is 2. The van der Waals surface area contributed by atoms with Crippen LogP contribution in [0.3, 0.4) is 0 Å². The van der Waals surface area contributed by atoms with Crippen LogP contribution in [0.15, 0.2) is 42.5 Å². The third-order valence-corrected chi connectivity index (χ3v) is 2.58. The van der Waals surface area contributed by atoms with Crippen LogP contribution in [0, 0.1) is 13.8 Å². The SMILES string of the molecule is Cc1cccc(Oc2cc(C)ccc2C(=O)O)c1. The van der Waals surface area contributed by atoms with Gasteiger partial charge in [-0.1, -0.05) is 18.2 Å². The highest BCUT2D eigenvalue weighted by molar-refractivity contribution is 5.91. The molecule has 0 aliphatic rings. The fourth-order valence-corrected chi connectivity index (χ4v) is 1.70. The molecular formula is C15H14O3. The first-order valence-electron chi connectivity index (χ1n) is 5.65. The lowest BCUT2D eigenvalue weighted by atomic mass is 10.1. The van der Waals surface area contributed by atoms with E-state index < -0.39 is 5.97 Å². The maximum Gasteiger partial charge on any atom is 0.339 e. The molecule has 3 nitrogen and oxygen atoms in total. The molecule has 0 amide bonds. The Hall–Kier alpha value is -2.29. The Morgan fingerprint density at radius 2 is 1.78 bits per heavy atom. The average molecular weight is 242 g/mol. The molecule has 0 fully saturated rings. The zero-order valence-corrected chi connectivity index (χ0v) is 10.3. The largest absolute Gasteiger partial charge is 0.478 e. The van der Waals surface area contributed by atoms with E-state index in [1.54, 1.807) is 24.3 Å². The molecule has 0 aliphatic heterocycles. The number of ether oxygens (including phenoxy) is 1. The summed E-state index contributed by atoms with van der Waals surface area (Å²) in [6.45, 7) is 3.86. The van der Waals surface area contributed by atoms with Gasteiger partial charge in [0, 0.05) is 0 Å². The van der Waals surface area contributed by atoms with Crippen LogP contribution in [0.25, 0.3) is 0 Å². The van der Waals surface area contributed by atoms with Crippen molar-refractivity contribution in [2.75, 3.05) is 0 Å². The first-order chi connectivity index (χ1) is 8.56. The van der Waals surface area contributed by atoms with Crippen LogP contribution >= 0.6 is 0 Å². The Kier molecular flexibility index (Phi) is 3.33. The maximum atomic E-state index is 11.1. The zero-order valence-electron chi connectivity index (χ0n) is 10.3. The van der Waals surface area contributed by atoms with Crippen LogP contribution in [0.5, 0.6) is 11.5 Å². The van der Waals surface area contributed by atoms with Gasteiger partial charge in [0.1, 0.15) is 17.1 Å². The van der Waals surface area contributed by atoms with E-state index in [9.17, 15) is 4.79 Å². The number of carboxylic acid groups (broad SMARTS) is 1. The summed E-state index contributed by atoms with van der Waals surface area (Å²) in [5.41, 5.74) is 2.20. The van der Waals surface area contributed by atoms with Gasteiger partial charge in [0.15, 0.2) is 0 Å². The Morgan fingerprint density at radius 3 is 2.44 bits per heavy atom. The number of rotatable bonds is 3. The van der Waals surface area contributed by atoms with Crippen molar-refractivity contribution in [1.29, 1.82) is 0 Å². The average Bonchev–Trinajstić information content (AvgIpc) is 2.28. The summed E-state index contributed by atoms with van der Waals surface area (Å²) in [7, 11) is 0. The maximum absolute atomic E-state index is 11.1. The van der Waals surface area contributed by atoms with E-state index in [1.807, 2.05) is 32.0 Å². The lowest BCUT2D eigenvalue weighted by Crippen LogP contribution is -2.00. The van der Waals surface area contributed by atoms with Gasteiger partial charge in [-0.3, -0.25) is 0 Å². The minimum absolute atomic E-state index is 0.169. The highest BCUT2D eigenvalue weighted by atomic mass is 16.5. The first-order valence-corrected chi connectivity index (χ1v) is 5.65. The summed E-state index contributed by atoms with van der Waals surface area (Å²) < 4.78 is 5.65. The van der Waals surface area contributed by atoms with Crippen LogP contribution in [-0.4, -0.2) is 11.1 Å². The molecule has 92 valence electrons. The van der Waals surface area contributed by atoms with Crippen molar-refractivity contribution in [3.05, 3.63) is 59.2 Å². The van der Waals surface area contributed by atoms with Crippen LogP contribution in [0.1, 0.15) is 21.5 Å². The minimum Gasteiger partial charge on any atom is -0.478 e. The number of benzene rings is 2. The number of carboxylic acids is 1. The molecule has 0 aromatic heterocycles. The lowest BCUT2D eigenvalue weighted by Gasteiger charge is -2.10. The summed E-state index contributed by atoms with van der Waals surface area (Å²) in [4.78, 5) is 11.1. The standard InChI is InChI=1S/C15H14O3/c1-10-4-3-5-12(8-10)18-14-9-11(2)6-7-13(14)15(16)17/h3-9H,1-2H3,(H,16,17). The van der Waals surface area contributed by atoms with Crippen molar-refractivity contribution in [1.82, 2.24) is 0 Å². The monoisotopic (exact) mass is 242 g/mol. The number of hydrogen-bond acceptors (Lipinski definition) is 2. The van der Waals surface area contributed by atoms with Crippen LogP contribution < -0.4 is 4.74 Å². The summed E-state index contributed by atoms with van der Waals surface area (Å²) in [6.07, 6.45) is 0. The van der Waals surface area contributed by atoms with E-state index in [1.165, 1.54) is 0 Å². The van der Waals surface area contributed by atoms with Crippen molar-refractivity contribution < 1.29 is 14.6 Å². The van der Waals surface area contributed by atoms with Crippen molar-refractivity contribution in [2.45, 2.75) is 13.8 Å². The van der Waals surface area contributed by atoms with Gasteiger partial charge in [-0.2, -0.15) is 0 Å². The van der Waals surface area contributed by atoms with Crippen molar-refractivity contribution >= 4 is 5.97 Å². The fraction of sp³-hybridized carbons (Fsp3) is 0.133. The molecule has 2 aromatic rings. The second-order valence-corrected chi connectivity index (χ2v) is 4.22. The van der Waals surface area contributed by atoms with Gasteiger partial charge in [-0.05, 0) is 49.2 Å². The second kappa shape index (κ2) is 4.92. The van der Waals surface area contributed by atoms with Crippen molar-refractivity contribution in [3.63, 3.8) is 0 Å². The summed E-state index contributed by atoms with van der Waals surface area (Å²) >= 11 is 0. The van der Waals surface area contributed by atoms with E-state index in [4.69, 9.17) is 9.84 Å². The molecule has 3 heteroatoms. The molecule has 0 unspecified atom stereocenters. The molecule has 0 aliphatic carbocycles. The molecular weight excluding hydrogens is 228 g/mol. The summed E-state index contributed by atoms with van der Waals surface area (Å²) in [5, 5.41) is 9.11. The summed E-state index contributed by atoms with van der Waals surface area (Å²) in [6, 6.07) is 12.6. The molecule has 1 N–H and O–H groups in total. The Morgan fingerprint density at radius 1 is 1.06 bits per heavy atom. The van der Waals surface area contributed by atoms with Gasteiger partial charge < -0.3 is 9.84 Å². The molecule has 2 aromatic carbocycles. The van der Waals surface area contributed by atoms with Crippen LogP contribution in [0.2, 0.25) is 0 Å². The molecule has 0 bridgehead atoms. The van der Waals surface area contributed by atoms with E-state index in [-0.39, 0.29) is 5.56 Å². The van der Waals surface area contributed by atoms with Crippen molar-refractivity contribution in [2.24, 2.45) is 0 Å². The van der Waals surface area contributed by atoms with E-state index >= 15 is 0 Å². The number of hydrogen-bond donors (Lipinski definition) is 1. The van der Waals surface area contributed by atoms with Gasteiger partial charge in [0.2, 0.25) is 0 Å². The quantitative estimate of drug-likeness (QED) is 0.890. The van der Waals surface area contributed by atoms with Gasteiger partial charge in [-0.15, -0.1) is 0 Å². The van der Waals surface area contributed by atoms with Gasteiger partial charge in [0.25, 0.3) is 0 Å². The molecule has 2 rings (SSSR count). The molecule has 18 heavy (non-hydrogen) atoms. The van der Waals surface area contributed by atoms with E-state index in [0.29, 0.717) is 11.5 Å². The third-order valence-electron chi connectivity index (χ3n) is 2.58. The minimum atomic E-state index is -0.988. The molecule has 0 heterocycles. The molecule has 0 saturated heterocycles. The topological polar surface area (TPSA) is 46.5 Å². The highest BCUT2D eigenvalue weighted by Gasteiger charge is 2.12. The van der Waals surface area contributed by atoms with Gasteiger partial charge >= 0.3 is 5.97 Å². The highest BCUT2D eigenvalue weighted by Crippen LogP contribution is 2.27. The third kappa shape index (κ3) is 2.69. The Bertz CT molecular complexity index is 588. The molecule has 0 atom stereocenters. The fourth-order valence-electron chi connectivity index (χ4n) is 1.70. The number of aromatic carboxylic acids is 1. The smallest absolute Gasteiger partial charge is 0.339 e. The molecule has 0 spiro atoms. The second-order valence-electron chi connectivity index (χ2n) is 4.22. The van der Waals surface area contributed by atoms with Gasteiger partial charge in [0.05, 0.1) is 0 Å². The molecule has 0 radical (unpaired) electrons. The van der Waals surface area contributed by atoms with E-state index in [2.05, 4.69) is 0 Å². The predicted molar refractivity (Wildman–Crippen MR) is 69.4 cm³/mol. The Labute approximate surface area is 106 Å².